The Bertz CT molecular complexity index is 3930. The molecule has 94 heavy (non-hydrogen) atoms. The average molecular weight is 1320 g/mol. The van der Waals surface area contributed by atoms with E-state index in [4.69, 9.17) is 43.6 Å². The Hall–Kier alpha value is -7.58. The van der Waals surface area contributed by atoms with E-state index in [2.05, 4.69) is 50.6 Å². The molecule has 12 rings (SSSR count). The van der Waals surface area contributed by atoms with Crippen molar-refractivity contribution in [3.8, 4) is 44.4 Å². The van der Waals surface area contributed by atoms with Gasteiger partial charge in [-0.05, 0) is 146 Å². The number of Topliss-reactive ketones (excluding diaryl/α,β-unsaturated/α-hetero) is 2. The van der Waals surface area contributed by atoms with Crippen molar-refractivity contribution >= 4 is 79.8 Å². The fourth-order valence-electron chi connectivity index (χ4n) is 14.6. The molecule has 2 aromatic carbocycles. The highest BCUT2D eigenvalue weighted by Crippen LogP contribution is 2.59. The Balaban J connectivity index is 0.000000192. The number of methoxy groups -OCH3 is 2. The number of carboxylic acid groups (broad SMARTS) is 1. The Kier molecular flexibility index (Phi) is 20.5. The van der Waals surface area contributed by atoms with E-state index in [-0.39, 0.29) is 78.6 Å². The molecule has 0 saturated heterocycles. The quantitative estimate of drug-likeness (QED) is 0.0837. The molecule has 0 bridgehead atoms. The molecule has 6 aliphatic rings. The van der Waals surface area contributed by atoms with Crippen LogP contribution in [0.2, 0.25) is 0 Å². The van der Waals surface area contributed by atoms with Crippen molar-refractivity contribution in [2.75, 3.05) is 48.0 Å². The monoisotopic (exact) mass is 1320 g/mol. The van der Waals surface area contributed by atoms with Crippen LogP contribution in [0.15, 0.2) is 71.5 Å². The lowest BCUT2D eigenvalue weighted by Gasteiger charge is -2.25. The highest BCUT2D eigenvalue weighted by molar-refractivity contribution is 7.13. The predicted octanol–water partition coefficient (Wildman–Crippen LogP) is 14.1. The van der Waals surface area contributed by atoms with Gasteiger partial charge in [-0.3, -0.25) is 28.8 Å². The van der Waals surface area contributed by atoms with Crippen LogP contribution in [0.3, 0.4) is 0 Å². The number of aliphatic carboxylic acids is 1. The molecule has 6 heterocycles. The number of ether oxygens (including phenoxy) is 5. The molecule has 4 aromatic heterocycles. The lowest BCUT2D eigenvalue weighted by Crippen LogP contribution is -2.38. The van der Waals surface area contributed by atoms with Crippen LogP contribution in [0.4, 0.5) is 0 Å². The van der Waals surface area contributed by atoms with Gasteiger partial charge < -0.3 is 38.6 Å². The summed E-state index contributed by atoms with van der Waals surface area (Å²) in [5.41, 5.74) is 4.76. The molecule has 2 amide bonds. The Labute approximate surface area is 559 Å². The van der Waals surface area contributed by atoms with E-state index in [1.54, 1.807) is 49.3 Å². The molecule has 0 radical (unpaired) electrons. The lowest BCUT2D eigenvalue weighted by atomic mass is 9.84. The summed E-state index contributed by atoms with van der Waals surface area (Å²) < 4.78 is 30.3. The van der Waals surface area contributed by atoms with Gasteiger partial charge in [0.05, 0.1) is 65.9 Å². The van der Waals surface area contributed by atoms with Gasteiger partial charge >= 0.3 is 11.9 Å². The topological polar surface area (TPSA) is 227 Å². The van der Waals surface area contributed by atoms with Gasteiger partial charge in [-0.15, -0.1) is 22.7 Å². The molecular formula is C74H90N6O12S2. The minimum Gasteiger partial charge on any atom is -0.496 e. The summed E-state index contributed by atoms with van der Waals surface area (Å²) in [7, 11) is 6.91. The number of hydrogen-bond acceptors (Lipinski definition) is 17. The summed E-state index contributed by atoms with van der Waals surface area (Å²) in [6, 6.07) is 11.5. The van der Waals surface area contributed by atoms with Crippen molar-refractivity contribution in [3.63, 3.8) is 0 Å². The summed E-state index contributed by atoms with van der Waals surface area (Å²) in [6.45, 7) is 15.7. The normalized spacial score (nSPS) is 27.3. The Morgan fingerprint density at radius 1 is 0.606 bits per heavy atom. The zero-order valence-electron chi connectivity index (χ0n) is 56.2. The molecule has 4 aliphatic carbocycles. The molecule has 4 fully saturated rings. The highest BCUT2D eigenvalue weighted by Gasteiger charge is 2.63. The fraction of sp³-hybridized carbons (Fsp3) is 0.541. The van der Waals surface area contributed by atoms with Crippen molar-refractivity contribution in [2.24, 2.45) is 46.3 Å². The van der Waals surface area contributed by atoms with Gasteiger partial charge in [0.25, 0.3) is 0 Å². The number of aromatic nitrogens is 4. The number of fused-ring (bicyclic) bond motifs is 6. The van der Waals surface area contributed by atoms with Gasteiger partial charge in [0.15, 0.2) is 0 Å². The molecule has 18 nitrogen and oxygen atoms in total. The number of esters is 1. The van der Waals surface area contributed by atoms with Crippen LogP contribution in [0.1, 0.15) is 159 Å². The molecule has 0 spiro atoms. The summed E-state index contributed by atoms with van der Waals surface area (Å²) in [4.78, 5) is 105. The molecule has 2 unspecified atom stereocenters. The molecular weight excluding hydrogens is 1230 g/mol. The Morgan fingerprint density at radius 2 is 1.03 bits per heavy atom. The van der Waals surface area contributed by atoms with Crippen molar-refractivity contribution < 1.29 is 57.6 Å². The maximum Gasteiger partial charge on any atom is 0.313 e. The molecule has 10 atom stereocenters. The second-order valence-corrected chi connectivity index (χ2v) is 29.2. The van der Waals surface area contributed by atoms with E-state index in [0.717, 1.165) is 104 Å². The van der Waals surface area contributed by atoms with E-state index in [0.29, 0.717) is 74.5 Å². The third kappa shape index (κ3) is 13.9. The number of ketones is 2. The summed E-state index contributed by atoms with van der Waals surface area (Å²) in [5.74, 6) is -0.690. The van der Waals surface area contributed by atoms with E-state index >= 15 is 0 Å². The largest absolute Gasteiger partial charge is 0.496 e. The van der Waals surface area contributed by atoms with Crippen LogP contribution >= 0.6 is 22.7 Å². The number of rotatable bonds is 13. The number of thiazole rings is 2. The maximum absolute atomic E-state index is 14.2. The fourth-order valence-corrected chi connectivity index (χ4v) is 16.5. The van der Waals surface area contributed by atoms with Gasteiger partial charge in [-0.1, -0.05) is 52.0 Å². The van der Waals surface area contributed by atoms with Crippen molar-refractivity contribution in [1.29, 1.82) is 0 Å². The minimum atomic E-state index is -1.08. The van der Waals surface area contributed by atoms with Crippen LogP contribution < -0.4 is 18.9 Å². The third-order valence-corrected chi connectivity index (χ3v) is 22.3. The molecule has 20 heteroatoms. The second-order valence-electron chi connectivity index (χ2n) is 27.5. The van der Waals surface area contributed by atoms with Gasteiger partial charge in [0.1, 0.15) is 68.2 Å². The third-order valence-electron chi connectivity index (χ3n) is 20.6. The molecule has 6 aromatic rings. The number of carbonyl (C=O) groups is 6. The standard InChI is InChI=1S/C38H47N3O6S.C36H43N3O6S/c1-7-46-37(44)38-19-24(38)12-10-8-9-11-15-41(5)36(43)28-17-25(16-27(28)31(42)20-38)47-33-18-29(35-40-30(21-48-35)22(2)3)39-34-23(4)32(45-6)14-13-26(33)34;1-20(2)28-19-46-33(38-28)27-16-31(24-11-12-30(44-5)21(3)32(24)37-27)45-23-14-25-26(15-23)34(41)39(4)13-9-7-6-8-10-22-17-36(22,35(42)43)18-29(25)40/h10,12-14,18,21-22,24-25,27-28H,7-9,11,15-17,19-20H2,1-6H3;8,10-12,16,19-20,22-23,25-26H,6-7,9,13-15,17-18H2,1-5H3,(H,42,43)/b12-10-;10-8-/t24-,25?,27-,28-,38-;22-,23?,25-,26-,36-/m11/s1. The number of pyridine rings is 2. The van der Waals surface area contributed by atoms with Crippen LogP contribution in [-0.4, -0.2) is 130 Å². The molecule has 2 aliphatic heterocycles. The summed E-state index contributed by atoms with van der Waals surface area (Å²) in [6.07, 6.45) is 15.3. The second kappa shape index (κ2) is 28.4. The Morgan fingerprint density at radius 3 is 1.45 bits per heavy atom. The molecule has 500 valence electrons. The zero-order valence-corrected chi connectivity index (χ0v) is 57.8. The number of benzene rings is 2. The van der Waals surface area contributed by atoms with Crippen LogP contribution in [-0.2, 0) is 33.5 Å². The number of carboxylic acids is 1. The van der Waals surface area contributed by atoms with E-state index in [1.165, 1.54) is 11.3 Å². The first-order valence-corrected chi connectivity index (χ1v) is 35.3. The van der Waals surface area contributed by atoms with Crippen LogP contribution in [0, 0.1) is 60.2 Å². The maximum atomic E-state index is 14.2. The van der Waals surface area contributed by atoms with E-state index in [1.807, 2.05) is 69.4 Å². The SMILES string of the molecule is CCOC(=O)[C@]12CC(=O)[C@@H]3CC(Oc4cc(-c5nc(C(C)C)cs5)nc5c(C)c(OC)ccc45)C[C@H]3C(=O)N(C)CCCC/C=C\[C@@H]1C2.COc1ccc2c(OC3C[C@H]4C(=O)C[C@]5(C(=O)O)C[C@H]5/C=C\CCCCN(C)C(=O)[C@@H]4C3)cc(-c3nc(C(C)C)cs3)nc2c1C. The number of nitrogens with zero attached hydrogens (tertiary/aromatic N) is 6. The minimum absolute atomic E-state index is 0.0161. The van der Waals surface area contributed by atoms with Crippen LogP contribution in [0.25, 0.3) is 43.2 Å². The predicted molar refractivity (Wildman–Crippen MR) is 364 cm³/mol. The van der Waals surface area contributed by atoms with Gasteiger partial charge in [-0.2, -0.15) is 0 Å². The summed E-state index contributed by atoms with van der Waals surface area (Å²) >= 11 is 3.09. The van der Waals surface area contributed by atoms with E-state index < -0.39 is 46.6 Å². The average Bonchev–Trinajstić information content (AvgIpc) is 1.55. The van der Waals surface area contributed by atoms with Crippen molar-refractivity contribution in [3.05, 3.63) is 94.0 Å². The number of allylic oxidation sites excluding steroid dienone is 4. The van der Waals surface area contributed by atoms with Gasteiger partial charge in [0, 0.05) is 96.7 Å². The zero-order chi connectivity index (χ0) is 66.9. The molecule has 1 N–H and O–H groups in total. The first-order valence-electron chi connectivity index (χ1n) is 33.6. The van der Waals surface area contributed by atoms with Gasteiger partial charge in [-0.25, -0.2) is 19.9 Å². The molecule has 4 saturated carbocycles. The summed E-state index contributed by atoms with van der Waals surface area (Å²) in [5, 5.41) is 17.5. The van der Waals surface area contributed by atoms with E-state index in [9.17, 15) is 33.9 Å². The number of hydrogen-bond donors (Lipinski definition) is 1. The first-order chi connectivity index (χ1) is 45.1. The highest BCUT2D eigenvalue weighted by atomic mass is 32.1. The first kappa shape index (κ1) is 67.8. The number of aryl methyl sites for hydroxylation is 2. The lowest BCUT2D eigenvalue weighted by molar-refractivity contribution is -0.152. The number of carbonyl (C=O) groups excluding carboxylic acids is 5. The van der Waals surface area contributed by atoms with Crippen molar-refractivity contribution in [1.82, 2.24) is 29.7 Å². The van der Waals surface area contributed by atoms with Crippen molar-refractivity contribution in [2.45, 2.75) is 162 Å². The van der Waals surface area contributed by atoms with Gasteiger partial charge in [0.2, 0.25) is 11.8 Å². The smallest absolute Gasteiger partial charge is 0.313 e. The number of amides is 2. The van der Waals surface area contributed by atoms with Crippen LogP contribution in [0.5, 0.6) is 23.0 Å².